The topological polar surface area (TPSA) is 38.1 Å². The van der Waals surface area contributed by atoms with Crippen LogP contribution in [0.25, 0.3) is 0 Å². The number of hydrogen-bond donors (Lipinski definition) is 0. The molecule has 4 heteroatoms. The first kappa shape index (κ1) is 13.8. The van der Waals surface area contributed by atoms with Crippen LogP contribution in [0.1, 0.15) is 57.7 Å². The summed E-state index contributed by atoms with van der Waals surface area (Å²) in [6.45, 7) is 6.30. The van der Waals surface area contributed by atoms with Crippen molar-refractivity contribution in [1.29, 1.82) is 0 Å². The summed E-state index contributed by atoms with van der Waals surface area (Å²) in [6, 6.07) is 3.00. The number of nitrogens with zero attached hydrogens (tertiary/aromatic N) is 3. The minimum atomic E-state index is 0.296. The third-order valence-corrected chi connectivity index (χ3v) is 4.79. The summed E-state index contributed by atoms with van der Waals surface area (Å²) in [7, 11) is 0. The van der Waals surface area contributed by atoms with E-state index in [1.54, 1.807) is 0 Å². The molecule has 0 bridgehead atoms. The van der Waals surface area contributed by atoms with Gasteiger partial charge in [0, 0.05) is 37.2 Å². The molecule has 1 saturated carbocycles. The third kappa shape index (κ3) is 2.66. The lowest BCUT2D eigenvalue weighted by Crippen LogP contribution is -2.37. The molecule has 2 atom stereocenters. The molecule has 3 rings (SSSR count). The highest BCUT2D eigenvalue weighted by molar-refractivity contribution is 5.83. The Hall–Kier alpha value is -1.16. The molecule has 2 fully saturated rings. The van der Waals surface area contributed by atoms with Crippen molar-refractivity contribution in [1.82, 2.24) is 14.7 Å². The maximum atomic E-state index is 12.0. The summed E-state index contributed by atoms with van der Waals surface area (Å²) in [5.41, 5.74) is 1.14. The van der Waals surface area contributed by atoms with Gasteiger partial charge in [-0.05, 0) is 52.1 Å². The van der Waals surface area contributed by atoms with Crippen LogP contribution in [0.2, 0.25) is 0 Å². The van der Waals surface area contributed by atoms with Gasteiger partial charge in [-0.2, -0.15) is 5.10 Å². The lowest BCUT2D eigenvalue weighted by molar-refractivity contribution is -0.122. The average molecular weight is 275 g/mol. The molecule has 4 nitrogen and oxygen atoms in total. The fourth-order valence-electron chi connectivity index (χ4n) is 3.71. The van der Waals surface area contributed by atoms with Crippen molar-refractivity contribution in [2.24, 2.45) is 5.92 Å². The van der Waals surface area contributed by atoms with Gasteiger partial charge in [0.2, 0.25) is 0 Å². The van der Waals surface area contributed by atoms with Crippen molar-refractivity contribution in [3.63, 3.8) is 0 Å². The fourth-order valence-corrected chi connectivity index (χ4v) is 3.71. The summed E-state index contributed by atoms with van der Waals surface area (Å²) in [6.07, 6.45) is 7.46. The number of rotatable bonds is 4. The van der Waals surface area contributed by atoms with E-state index in [4.69, 9.17) is 0 Å². The number of carbonyl (C=O) groups excluding carboxylic acids is 1. The molecule has 1 aliphatic carbocycles. The normalized spacial score (nSPS) is 27.9. The average Bonchev–Trinajstić information content (AvgIpc) is 3.10. The minimum Gasteiger partial charge on any atom is -0.299 e. The largest absolute Gasteiger partial charge is 0.299 e. The Labute approximate surface area is 121 Å². The summed E-state index contributed by atoms with van der Waals surface area (Å²) in [5.74, 6) is 0.791. The second-order valence-electron chi connectivity index (χ2n) is 6.53. The molecule has 2 aliphatic rings. The molecule has 0 amide bonds. The molecule has 1 aromatic rings. The maximum Gasteiger partial charge on any atom is 0.137 e. The van der Waals surface area contributed by atoms with Crippen LogP contribution >= 0.6 is 0 Å². The van der Waals surface area contributed by atoms with Gasteiger partial charge in [-0.1, -0.05) is 0 Å². The monoisotopic (exact) mass is 275 g/mol. The maximum absolute atomic E-state index is 12.0. The van der Waals surface area contributed by atoms with Gasteiger partial charge in [-0.15, -0.1) is 0 Å². The molecule has 20 heavy (non-hydrogen) atoms. The quantitative estimate of drug-likeness (QED) is 0.848. The molecule has 0 aromatic carbocycles. The summed E-state index contributed by atoms with van der Waals surface area (Å²) >= 11 is 0. The van der Waals surface area contributed by atoms with Crippen LogP contribution in [0.15, 0.2) is 12.3 Å². The first-order valence-electron chi connectivity index (χ1n) is 7.96. The van der Waals surface area contributed by atoms with E-state index >= 15 is 0 Å². The van der Waals surface area contributed by atoms with Crippen LogP contribution in [0.3, 0.4) is 0 Å². The molecular weight excluding hydrogens is 250 g/mol. The molecule has 2 unspecified atom stereocenters. The first-order chi connectivity index (χ1) is 9.65. The lowest BCUT2D eigenvalue weighted by Gasteiger charge is -2.27. The van der Waals surface area contributed by atoms with Crippen LogP contribution in [0, 0.1) is 5.92 Å². The van der Waals surface area contributed by atoms with Gasteiger partial charge < -0.3 is 0 Å². The Balaban J connectivity index is 1.67. The highest BCUT2D eigenvalue weighted by Gasteiger charge is 2.38. The van der Waals surface area contributed by atoms with Gasteiger partial charge in [0.15, 0.2) is 0 Å². The molecule has 1 aliphatic heterocycles. The van der Waals surface area contributed by atoms with Gasteiger partial charge in [0.25, 0.3) is 0 Å². The molecule has 0 radical (unpaired) electrons. The standard InChI is InChI=1S/C16H25N3O/c1-12(2)19-10-8-13(17-19)11-18-9-4-6-15(18)14-5-3-7-16(14)20/h8,10,12,14-15H,3-7,9,11H2,1-2H3. The first-order valence-corrected chi connectivity index (χ1v) is 7.96. The molecule has 1 saturated heterocycles. The molecular formula is C16H25N3O. The predicted octanol–water partition coefficient (Wildman–Crippen LogP) is 2.80. The summed E-state index contributed by atoms with van der Waals surface area (Å²) in [5, 5.41) is 4.64. The van der Waals surface area contributed by atoms with Crippen molar-refractivity contribution < 1.29 is 4.79 Å². The zero-order valence-corrected chi connectivity index (χ0v) is 12.6. The van der Waals surface area contributed by atoms with E-state index in [-0.39, 0.29) is 0 Å². The van der Waals surface area contributed by atoms with Crippen LogP contribution in [0.4, 0.5) is 0 Å². The Morgan fingerprint density at radius 3 is 2.85 bits per heavy atom. The van der Waals surface area contributed by atoms with E-state index in [0.717, 1.165) is 38.0 Å². The number of likely N-dealkylation sites (tertiary alicyclic amines) is 1. The van der Waals surface area contributed by atoms with Gasteiger partial charge >= 0.3 is 0 Å². The summed E-state index contributed by atoms with van der Waals surface area (Å²) < 4.78 is 2.02. The van der Waals surface area contributed by atoms with E-state index in [9.17, 15) is 4.79 Å². The van der Waals surface area contributed by atoms with E-state index in [1.165, 1.54) is 12.8 Å². The Morgan fingerprint density at radius 2 is 2.20 bits per heavy atom. The van der Waals surface area contributed by atoms with Crippen LogP contribution in [-0.4, -0.2) is 33.1 Å². The number of hydrogen-bond acceptors (Lipinski definition) is 3. The van der Waals surface area contributed by atoms with Gasteiger partial charge in [-0.25, -0.2) is 0 Å². The Bertz CT molecular complexity index is 480. The van der Waals surface area contributed by atoms with Gasteiger partial charge in [0.05, 0.1) is 5.69 Å². The van der Waals surface area contributed by atoms with E-state index in [2.05, 4.69) is 36.1 Å². The van der Waals surface area contributed by atoms with E-state index in [0.29, 0.717) is 23.8 Å². The van der Waals surface area contributed by atoms with Crippen molar-refractivity contribution in [3.8, 4) is 0 Å². The van der Waals surface area contributed by atoms with Gasteiger partial charge in [-0.3, -0.25) is 14.4 Å². The van der Waals surface area contributed by atoms with Gasteiger partial charge in [0.1, 0.15) is 5.78 Å². The molecule has 110 valence electrons. The second kappa shape index (κ2) is 5.68. The zero-order valence-electron chi connectivity index (χ0n) is 12.6. The highest BCUT2D eigenvalue weighted by Crippen LogP contribution is 2.33. The van der Waals surface area contributed by atoms with Crippen molar-refractivity contribution in [2.45, 2.75) is 64.6 Å². The molecule has 1 aromatic heterocycles. The smallest absolute Gasteiger partial charge is 0.137 e. The predicted molar refractivity (Wildman–Crippen MR) is 78.4 cm³/mol. The SMILES string of the molecule is CC(C)n1ccc(CN2CCCC2C2CCCC2=O)n1. The Kier molecular flexibility index (Phi) is 3.92. The van der Waals surface area contributed by atoms with Crippen LogP contribution in [-0.2, 0) is 11.3 Å². The number of aromatic nitrogens is 2. The Morgan fingerprint density at radius 1 is 1.35 bits per heavy atom. The number of Topliss-reactive ketones (excluding diaryl/α,β-unsaturated/α-hetero) is 1. The fraction of sp³-hybridized carbons (Fsp3) is 0.750. The third-order valence-electron chi connectivity index (χ3n) is 4.79. The van der Waals surface area contributed by atoms with E-state index < -0.39 is 0 Å². The van der Waals surface area contributed by atoms with Crippen molar-refractivity contribution in [2.75, 3.05) is 6.54 Å². The number of ketones is 1. The summed E-state index contributed by atoms with van der Waals surface area (Å²) in [4.78, 5) is 14.5. The zero-order chi connectivity index (χ0) is 14.1. The number of carbonyl (C=O) groups is 1. The molecule has 0 spiro atoms. The van der Waals surface area contributed by atoms with Crippen molar-refractivity contribution in [3.05, 3.63) is 18.0 Å². The lowest BCUT2D eigenvalue weighted by atomic mass is 9.95. The molecule has 2 heterocycles. The highest BCUT2D eigenvalue weighted by atomic mass is 16.1. The van der Waals surface area contributed by atoms with Crippen molar-refractivity contribution >= 4 is 5.78 Å². The minimum absolute atomic E-state index is 0.296. The van der Waals surface area contributed by atoms with E-state index in [1.807, 2.05) is 4.68 Å². The molecule has 0 N–H and O–H groups in total. The van der Waals surface area contributed by atoms with Crippen LogP contribution < -0.4 is 0 Å². The second-order valence-corrected chi connectivity index (χ2v) is 6.53. The van der Waals surface area contributed by atoms with Crippen LogP contribution in [0.5, 0.6) is 0 Å².